The van der Waals surface area contributed by atoms with E-state index in [1.54, 1.807) is 19.1 Å². The lowest BCUT2D eigenvalue weighted by Gasteiger charge is -2.30. The lowest BCUT2D eigenvalue weighted by molar-refractivity contribution is -0.133. The normalized spacial score (nSPS) is 18.7. The highest BCUT2D eigenvalue weighted by molar-refractivity contribution is 7.50. The van der Waals surface area contributed by atoms with Crippen molar-refractivity contribution in [3.05, 3.63) is 53.3 Å². The van der Waals surface area contributed by atoms with Gasteiger partial charge in [-0.05, 0) is 29.7 Å². The molecule has 0 bridgehead atoms. The summed E-state index contributed by atoms with van der Waals surface area (Å²) in [6, 6.07) is 6.16. The van der Waals surface area contributed by atoms with Crippen molar-refractivity contribution in [2.24, 2.45) is 4.76 Å². The van der Waals surface area contributed by atoms with E-state index in [9.17, 15) is 25.0 Å². The van der Waals surface area contributed by atoms with Gasteiger partial charge in [0.05, 0.1) is 11.3 Å². The van der Waals surface area contributed by atoms with E-state index in [1.807, 2.05) is 0 Å². The van der Waals surface area contributed by atoms with Crippen molar-refractivity contribution in [1.29, 1.82) is 0 Å². The first-order valence-corrected chi connectivity index (χ1v) is 9.05. The number of aliphatic hydroxyl groups is 3. The molecule has 0 saturated heterocycles. The van der Waals surface area contributed by atoms with Gasteiger partial charge in [0.25, 0.3) is 0 Å². The number of nitrogens with zero attached hydrogens (tertiary/aromatic N) is 1. The minimum atomic E-state index is -4.81. The van der Waals surface area contributed by atoms with Crippen LogP contribution in [0.5, 0.6) is 5.75 Å². The van der Waals surface area contributed by atoms with Crippen LogP contribution < -0.4 is 0 Å². The number of hydrogen-bond donors (Lipinski definition) is 6. The summed E-state index contributed by atoms with van der Waals surface area (Å²) >= 11 is 0. The molecule has 1 unspecified atom stereocenters. The highest BCUT2D eigenvalue weighted by atomic mass is 31.2. The monoisotopic (exact) mass is 369 g/mol. The molecular formula is C16H20NO7P. The smallest absolute Gasteiger partial charge is 0.448 e. The Hall–Kier alpha value is -1.96. The van der Waals surface area contributed by atoms with Crippen LogP contribution in [-0.4, -0.2) is 41.7 Å². The van der Waals surface area contributed by atoms with Gasteiger partial charge in [-0.2, -0.15) is 4.76 Å². The summed E-state index contributed by atoms with van der Waals surface area (Å²) in [7, 11) is -4.81. The second-order valence-electron chi connectivity index (χ2n) is 5.94. The van der Waals surface area contributed by atoms with Crippen LogP contribution >= 0.6 is 7.75 Å². The van der Waals surface area contributed by atoms with Crippen molar-refractivity contribution in [2.75, 3.05) is 0 Å². The minimum Gasteiger partial charge on any atom is -0.508 e. The summed E-state index contributed by atoms with van der Waals surface area (Å²) in [5, 5.41) is 40.3. The molecule has 6 N–H and O–H groups in total. The van der Waals surface area contributed by atoms with Crippen molar-refractivity contribution in [3.8, 4) is 5.75 Å². The molecule has 9 heteroatoms. The van der Waals surface area contributed by atoms with E-state index < -0.39 is 30.8 Å². The van der Waals surface area contributed by atoms with Gasteiger partial charge in [-0.3, -0.25) is 0 Å². The van der Waals surface area contributed by atoms with Crippen LogP contribution in [0, 0.1) is 0 Å². The highest BCUT2D eigenvalue weighted by Crippen LogP contribution is 2.41. The van der Waals surface area contributed by atoms with Gasteiger partial charge in [0.2, 0.25) is 0 Å². The molecule has 0 saturated carbocycles. The van der Waals surface area contributed by atoms with Crippen LogP contribution in [0.1, 0.15) is 31.2 Å². The standard InChI is InChI=1S/C16H20NO7P/c1-10(11-5-7-12(18)8-6-11)9-16(20,21)15-13(17-25(22,23)24)3-2-4-14(15)19/h2,4-8,10,18-21H,3,9H2,1H3,(H2,22,23,24). The zero-order valence-corrected chi connectivity index (χ0v) is 14.3. The number of aliphatic hydroxyl groups excluding tert-OH is 1. The maximum Gasteiger partial charge on any atom is 0.448 e. The number of phenols is 1. The van der Waals surface area contributed by atoms with Crippen LogP contribution in [0.2, 0.25) is 0 Å². The Morgan fingerprint density at radius 1 is 1.20 bits per heavy atom. The van der Waals surface area contributed by atoms with E-state index in [-0.39, 0.29) is 24.3 Å². The predicted octanol–water partition coefficient (Wildman–Crippen LogP) is 1.87. The lowest BCUT2D eigenvalue weighted by atomic mass is 9.85. The molecular weight excluding hydrogens is 349 g/mol. The molecule has 1 atom stereocenters. The van der Waals surface area contributed by atoms with Gasteiger partial charge in [-0.1, -0.05) is 25.1 Å². The van der Waals surface area contributed by atoms with Crippen LogP contribution in [0.4, 0.5) is 0 Å². The minimum absolute atomic E-state index is 0.0546. The number of rotatable bonds is 5. The fourth-order valence-corrected chi connectivity index (χ4v) is 3.25. The van der Waals surface area contributed by atoms with Crippen molar-refractivity contribution >= 4 is 13.5 Å². The van der Waals surface area contributed by atoms with Crippen molar-refractivity contribution < 1.29 is 34.8 Å². The summed E-state index contributed by atoms with van der Waals surface area (Å²) in [6.45, 7) is 1.71. The molecule has 25 heavy (non-hydrogen) atoms. The van der Waals surface area contributed by atoms with E-state index in [0.717, 1.165) is 0 Å². The maximum atomic E-state index is 11.1. The number of hydrogen-bond acceptors (Lipinski definition) is 5. The Labute approximate surface area is 144 Å². The van der Waals surface area contributed by atoms with Gasteiger partial charge in [0.15, 0.2) is 5.79 Å². The molecule has 0 aliphatic heterocycles. The third-order valence-electron chi connectivity index (χ3n) is 3.84. The Morgan fingerprint density at radius 2 is 1.80 bits per heavy atom. The molecule has 0 aromatic heterocycles. The second kappa shape index (κ2) is 7.11. The van der Waals surface area contributed by atoms with Gasteiger partial charge in [-0.25, -0.2) is 4.57 Å². The fraction of sp³-hybridized carbons (Fsp3) is 0.312. The molecule has 1 aliphatic carbocycles. The molecule has 1 aromatic carbocycles. The zero-order valence-electron chi connectivity index (χ0n) is 13.4. The Morgan fingerprint density at radius 3 is 2.36 bits per heavy atom. The SMILES string of the molecule is CC(CC(O)(O)C1=C(O)C=CCC1=NP(=O)(O)O)c1ccc(O)cc1. The first-order chi connectivity index (χ1) is 11.5. The van der Waals surface area contributed by atoms with Gasteiger partial charge in [-0.15, -0.1) is 0 Å². The Kier molecular flexibility index (Phi) is 5.51. The first kappa shape index (κ1) is 19.4. The van der Waals surface area contributed by atoms with Gasteiger partial charge >= 0.3 is 7.75 Å². The van der Waals surface area contributed by atoms with Crippen molar-refractivity contribution in [3.63, 3.8) is 0 Å². The molecule has 0 fully saturated rings. The van der Waals surface area contributed by atoms with Crippen molar-refractivity contribution in [1.82, 2.24) is 0 Å². The molecule has 0 spiro atoms. The molecule has 1 aliphatic rings. The van der Waals surface area contributed by atoms with E-state index in [1.165, 1.54) is 24.3 Å². The van der Waals surface area contributed by atoms with Crippen LogP contribution in [0.15, 0.2) is 52.5 Å². The number of allylic oxidation sites excluding steroid dienone is 2. The van der Waals surface area contributed by atoms with E-state index in [2.05, 4.69) is 4.76 Å². The molecule has 1 aromatic rings. The Balaban J connectivity index is 2.35. The number of phenolic OH excluding ortho intramolecular Hbond substituents is 1. The van der Waals surface area contributed by atoms with E-state index >= 15 is 0 Å². The molecule has 8 nitrogen and oxygen atoms in total. The second-order valence-corrected chi connectivity index (χ2v) is 7.17. The molecule has 0 heterocycles. The van der Waals surface area contributed by atoms with Gasteiger partial charge in [0.1, 0.15) is 11.5 Å². The molecule has 0 radical (unpaired) electrons. The van der Waals surface area contributed by atoms with Gasteiger partial charge < -0.3 is 30.2 Å². The van der Waals surface area contributed by atoms with Crippen LogP contribution in [-0.2, 0) is 4.57 Å². The maximum absolute atomic E-state index is 11.1. The number of benzene rings is 1. The first-order valence-electron chi connectivity index (χ1n) is 7.48. The zero-order chi connectivity index (χ0) is 18.8. The summed E-state index contributed by atoms with van der Waals surface area (Å²) in [5.41, 5.74) is 0.00499. The molecule has 2 rings (SSSR count). The average Bonchev–Trinajstić information content (AvgIpc) is 2.45. The number of aromatic hydroxyl groups is 1. The largest absolute Gasteiger partial charge is 0.508 e. The third-order valence-corrected chi connectivity index (χ3v) is 4.34. The third kappa shape index (κ3) is 5.01. The van der Waals surface area contributed by atoms with Crippen LogP contribution in [0.25, 0.3) is 0 Å². The molecule has 0 amide bonds. The van der Waals surface area contributed by atoms with Crippen molar-refractivity contribution in [2.45, 2.75) is 31.5 Å². The fourth-order valence-electron chi connectivity index (χ4n) is 2.75. The Bertz CT molecular complexity index is 774. The summed E-state index contributed by atoms with van der Waals surface area (Å²) < 4.78 is 14.4. The quantitative estimate of drug-likeness (QED) is 0.342. The van der Waals surface area contributed by atoms with Crippen LogP contribution in [0.3, 0.4) is 0 Å². The van der Waals surface area contributed by atoms with E-state index in [0.29, 0.717) is 5.56 Å². The summed E-state index contributed by atoms with van der Waals surface area (Å²) in [4.78, 5) is 18.1. The highest BCUT2D eigenvalue weighted by Gasteiger charge is 2.38. The summed E-state index contributed by atoms with van der Waals surface area (Å²) in [5.74, 6) is -3.39. The lowest BCUT2D eigenvalue weighted by Crippen LogP contribution is -2.38. The van der Waals surface area contributed by atoms with Gasteiger partial charge in [0, 0.05) is 12.8 Å². The summed E-state index contributed by atoms with van der Waals surface area (Å²) in [6.07, 6.45) is 2.32. The predicted molar refractivity (Wildman–Crippen MR) is 91.2 cm³/mol. The molecule has 136 valence electrons. The topological polar surface area (TPSA) is 151 Å². The van der Waals surface area contributed by atoms with E-state index in [4.69, 9.17) is 9.79 Å². The average molecular weight is 369 g/mol.